The smallest absolute Gasteiger partial charge is 0.223 e. The Balaban J connectivity index is 0.00000144. The Kier molecular flexibility index (Phi) is 6.85. The van der Waals surface area contributed by atoms with Crippen LogP contribution in [-0.2, 0) is 9.53 Å². The molecular formula is C12H23ClN2O2. The summed E-state index contributed by atoms with van der Waals surface area (Å²) in [4.78, 5) is 11.7. The Bertz CT molecular complexity index is 229. The lowest BCUT2D eigenvalue weighted by Crippen LogP contribution is -2.39. The normalized spacial score (nSPS) is 20.7. The van der Waals surface area contributed by atoms with E-state index in [-0.39, 0.29) is 24.2 Å². The lowest BCUT2D eigenvalue weighted by Gasteiger charge is -2.21. The SMILES string of the molecule is Cl.O=C(NCCOCC1CC1)C1CCNCC1. The summed E-state index contributed by atoms with van der Waals surface area (Å²) in [5.74, 6) is 1.22. The molecule has 1 heterocycles. The van der Waals surface area contributed by atoms with Crippen molar-refractivity contribution in [3.8, 4) is 0 Å². The number of carbonyl (C=O) groups excluding carboxylic acids is 1. The standard InChI is InChI=1S/C12H22N2O2.ClH/c15-12(11-3-5-13-6-4-11)14-7-8-16-9-10-1-2-10;/h10-11,13H,1-9H2,(H,14,15);1H. The highest BCUT2D eigenvalue weighted by molar-refractivity contribution is 5.85. The van der Waals surface area contributed by atoms with Crippen LogP contribution in [0, 0.1) is 11.8 Å². The van der Waals surface area contributed by atoms with Crippen LogP contribution >= 0.6 is 12.4 Å². The summed E-state index contributed by atoms with van der Waals surface area (Å²) in [7, 11) is 0. The van der Waals surface area contributed by atoms with E-state index in [2.05, 4.69) is 10.6 Å². The van der Waals surface area contributed by atoms with Crippen LogP contribution in [0.3, 0.4) is 0 Å². The maximum Gasteiger partial charge on any atom is 0.223 e. The van der Waals surface area contributed by atoms with Crippen LogP contribution in [0.1, 0.15) is 25.7 Å². The Morgan fingerprint density at radius 2 is 1.94 bits per heavy atom. The molecule has 0 aromatic heterocycles. The molecule has 4 nitrogen and oxygen atoms in total. The van der Waals surface area contributed by atoms with Gasteiger partial charge in [0.15, 0.2) is 0 Å². The van der Waals surface area contributed by atoms with Crippen molar-refractivity contribution in [2.45, 2.75) is 25.7 Å². The molecule has 0 spiro atoms. The van der Waals surface area contributed by atoms with Crippen LogP contribution in [0.15, 0.2) is 0 Å². The first-order valence-corrected chi connectivity index (χ1v) is 6.42. The number of ether oxygens (including phenoxy) is 1. The zero-order valence-corrected chi connectivity index (χ0v) is 11.1. The number of amides is 1. The van der Waals surface area contributed by atoms with E-state index in [1.54, 1.807) is 0 Å². The molecule has 100 valence electrons. The molecule has 0 aromatic rings. The van der Waals surface area contributed by atoms with Crippen molar-refractivity contribution in [3.05, 3.63) is 0 Å². The highest BCUT2D eigenvalue weighted by Gasteiger charge is 2.22. The number of carbonyl (C=O) groups is 1. The van der Waals surface area contributed by atoms with E-state index in [4.69, 9.17) is 4.74 Å². The minimum atomic E-state index is 0. The van der Waals surface area contributed by atoms with Crippen LogP contribution in [0.2, 0.25) is 0 Å². The van der Waals surface area contributed by atoms with Gasteiger partial charge in [0.05, 0.1) is 6.61 Å². The molecule has 0 atom stereocenters. The largest absolute Gasteiger partial charge is 0.379 e. The number of piperidine rings is 1. The second-order valence-corrected chi connectivity index (χ2v) is 4.83. The third-order valence-corrected chi connectivity index (χ3v) is 3.31. The predicted molar refractivity (Wildman–Crippen MR) is 69.4 cm³/mol. The fraction of sp³-hybridized carbons (Fsp3) is 0.917. The van der Waals surface area contributed by atoms with Crippen molar-refractivity contribution in [1.82, 2.24) is 10.6 Å². The van der Waals surface area contributed by atoms with Gasteiger partial charge in [-0.05, 0) is 44.7 Å². The van der Waals surface area contributed by atoms with Crippen LogP contribution < -0.4 is 10.6 Å². The summed E-state index contributed by atoms with van der Waals surface area (Å²) in [6.45, 7) is 4.14. The van der Waals surface area contributed by atoms with E-state index >= 15 is 0 Å². The highest BCUT2D eigenvalue weighted by Crippen LogP contribution is 2.28. The van der Waals surface area contributed by atoms with E-state index in [0.717, 1.165) is 38.5 Å². The Morgan fingerprint density at radius 1 is 1.24 bits per heavy atom. The number of hydrogen-bond acceptors (Lipinski definition) is 3. The number of nitrogens with one attached hydrogen (secondary N) is 2. The van der Waals surface area contributed by atoms with E-state index in [1.165, 1.54) is 12.8 Å². The van der Waals surface area contributed by atoms with Crippen LogP contribution in [0.5, 0.6) is 0 Å². The average Bonchev–Trinajstić information content (AvgIpc) is 3.13. The van der Waals surface area contributed by atoms with E-state index in [1.807, 2.05) is 0 Å². The molecule has 2 N–H and O–H groups in total. The first-order chi connectivity index (χ1) is 7.86. The fourth-order valence-corrected chi connectivity index (χ4v) is 2.01. The second-order valence-electron chi connectivity index (χ2n) is 4.83. The van der Waals surface area contributed by atoms with Crippen LogP contribution in [-0.4, -0.2) is 38.8 Å². The molecule has 1 saturated heterocycles. The summed E-state index contributed by atoms with van der Waals surface area (Å²) >= 11 is 0. The van der Waals surface area contributed by atoms with Crippen molar-refractivity contribution in [3.63, 3.8) is 0 Å². The molecule has 0 aromatic carbocycles. The maximum atomic E-state index is 11.7. The first-order valence-electron chi connectivity index (χ1n) is 6.42. The maximum absolute atomic E-state index is 11.7. The van der Waals surface area contributed by atoms with Gasteiger partial charge in [-0.1, -0.05) is 0 Å². The van der Waals surface area contributed by atoms with Crippen LogP contribution in [0.25, 0.3) is 0 Å². The minimum Gasteiger partial charge on any atom is -0.379 e. The third-order valence-electron chi connectivity index (χ3n) is 3.31. The number of halogens is 1. The van der Waals surface area contributed by atoms with Gasteiger partial charge >= 0.3 is 0 Å². The fourth-order valence-electron chi connectivity index (χ4n) is 2.01. The van der Waals surface area contributed by atoms with Crippen molar-refractivity contribution >= 4 is 18.3 Å². The predicted octanol–water partition coefficient (Wildman–Crippen LogP) is 0.951. The summed E-state index contributed by atoms with van der Waals surface area (Å²) in [6, 6.07) is 0. The Hall–Kier alpha value is -0.320. The van der Waals surface area contributed by atoms with Gasteiger partial charge in [0.1, 0.15) is 0 Å². The Labute approximate surface area is 109 Å². The zero-order valence-electron chi connectivity index (χ0n) is 10.2. The molecule has 0 radical (unpaired) electrons. The summed E-state index contributed by atoms with van der Waals surface area (Å²) in [6.07, 6.45) is 4.58. The third kappa shape index (κ3) is 5.70. The molecule has 1 amide bonds. The van der Waals surface area contributed by atoms with Gasteiger partial charge in [-0.15, -0.1) is 12.4 Å². The number of rotatable bonds is 6. The van der Waals surface area contributed by atoms with Gasteiger partial charge in [-0.2, -0.15) is 0 Å². The molecule has 2 aliphatic rings. The summed E-state index contributed by atoms with van der Waals surface area (Å²) < 4.78 is 5.47. The van der Waals surface area contributed by atoms with E-state index in [9.17, 15) is 4.79 Å². The minimum absolute atomic E-state index is 0. The van der Waals surface area contributed by atoms with E-state index in [0.29, 0.717) is 13.2 Å². The van der Waals surface area contributed by atoms with Crippen LogP contribution in [0.4, 0.5) is 0 Å². The Morgan fingerprint density at radius 3 is 2.59 bits per heavy atom. The molecule has 5 heteroatoms. The highest BCUT2D eigenvalue weighted by atomic mass is 35.5. The van der Waals surface area contributed by atoms with Gasteiger partial charge < -0.3 is 15.4 Å². The molecule has 1 aliphatic heterocycles. The molecular weight excluding hydrogens is 240 g/mol. The van der Waals surface area contributed by atoms with Gasteiger partial charge in [0.2, 0.25) is 5.91 Å². The molecule has 1 saturated carbocycles. The van der Waals surface area contributed by atoms with Crippen molar-refractivity contribution < 1.29 is 9.53 Å². The molecule has 0 bridgehead atoms. The summed E-state index contributed by atoms with van der Waals surface area (Å²) in [5, 5.41) is 6.22. The van der Waals surface area contributed by atoms with Gasteiger partial charge in [0.25, 0.3) is 0 Å². The molecule has 17 heavy (non-hydrogen) atoms. The zero-order chi connectivity index (χ0) is 11.2. The molecule has 1 aliphatic carbocycles. The van der Waals surface area contributed by atoms with Crippen molar-refractivity contribution in [2.24, 2.45) is 11.8 Å². The average molecular weight is 263 g/mol. The van der Waals surface area contributed by atoms with Crippen molar-refractivity contribution in [2.75, 3.05) is 32.8 Å². The summed E-state index contributed by atoms with van der Waals surface area (Å²) in [5.41, 5.74) is 0. The molecule has 2 fully saturated rings. The number of hydrogen-bond donors (Lipinski definition) is 2. The van der Waals surface area contributed by atoms with Gasteiger partial charge in [-0.3, -0.25) is 4.79 Å². The topological polar surface area (TPSA) is 50.4 Å². The molecule has 0 unspecified atom stereocenters. The molecule has 2 rings (SSSR count). The monoisotopic (exact) mass is 262 g/mol. The van der Waals surface area contributed by atoms with E-state index < -0.39 is 0 Å². The van der Waals surface area contributed by atoms with Gasteiger partial charge in [0, 0.05) is 19.1 Å². The lowest BCUT2D eigenvalue weighted by molar-refractivity contribution is -0.126. The first kappa shape index (κ1) is 14.7. The van der Waals surface area contributed by atoms with Crippen molar-refractivity contribution in [1.29, 1.82) is 0 Å². The van der Waals surface area contributed by atoms with Gasteiger partial charge in [-0.25, -0.2) is 0 Å². The second kappa shape index (κ2) is 7.90. The lowest BCUT2D eigenvalue weighted by atomic mass is 9.97. The quantitative estimate of drug-likeness (QED) is 0.701.